The van der Waals surface area contributed by atoms with Crippen LogP contribution in [0.25, 0.3) is 10.9 Å². The summed E-state index contributed by atoms with van der Waals surface area (Å²) in [6, 6.07) is 14.3. The van der Waals surface area contributed by atoms with Gasteiger partial charge in [-0.15, -0.1) is 0 Å². The summed E-state index contributed by atoms with van der Waals surface area (Å²) < 4.78 is 6.55. The Balaban J connectivity index is 1.70. The van der Waals surface area contributed by atoms with Crippen LogP contribution in [-0.2, 0) is 20.7 Å². The Morgan fingerprint density at radius 1 is 0.917 bits per heavy atom. The molecule has 0 bridgehead atoms. The standard InChI is InChI=1S/C29H34N2O5/c1-4-36-28(34)14-10-5-6-11-17-30-27(33)19-24-20(2)31(29(35)22-12-8-7-9-13-22)26-16-15-23(21(3)32)18-25(24)26/h7-9,12-13,15-16,18H,4-6,10-11,14,17,19H2,1-3H3,(H,30,33). The molecule has 0 radical (unpaired) electrons. The Bertz CT molecular complexity index is 1240. The highest BCUT2D eigenvalue weighted by atomic mass is 16.5. The predicted molar refractivity (Wildman–Crippen MR) is 139 cm³/mol. The predicted octanol–water partition coefficient (Wildman–Crippen LogP) is 5.01. The molecular weight excluding hydrogens is 456 g/mol. The number of amides is 1. The number of carbonyl (C=O) groups excluding carboxylic acids is 4. The number of benzene rings is 2. The number of nitrogens with one attached hydrogen (secondary N) is 1. The molecule has 0 unspecified atom stereocenters. The molecular formula is C29H34N2O5. The highest BCUT2D eigenvalue weighted by molar-refractivity contribution is 6.06. The van der Waals surface area contributed by atoms with E-state index in [1.807, 2.05) is 25.1 Å². The Hall–Kier alpha value is -3.74. The molecule has 190 valence electrons. The van der Waals surface area contributed by atoms with Crippen LogP contribution in [-0.4, -0.2) is 41.3 Å². The van der Waals surface area contributed by atoms with E-state index in [0.717, 1.165) is 36.6 Å². The fraction of sp³-hybridized carbons (Fsp3) is 0.379. The first-order valence-electron chi connectivity index (χ1n) is 12.5. The average molecular weight is 491 g/mol. The van der Waals surface area contributed by atoms with E-state index < -0.39 is 0 Å². The summed E-state index contributed by atoms with van der Waals surface area (Å²) >= 11 is 0. The average Bonchev–Trinajstić information content (AvgIpc) is 3.14. The molecule has 0 atom stereocenters. The van der Waals surface area contributed by atoms with Gasteiger partial charge in [-0.1, -0.05) is 31.0 Å². The van der Waals surface area contributed by atoms with Crippen molar-refractivity contribution in [1.82, 2.24) is 9.88 Å². The monoisotopic (exact) mass is 490 g/mol. The van der Waals surface area contributed by atoms with Crippen LogP contribution in [0.4, 0.5) is 0 Å². The Kier molecular flexibility index (Phi) is 9.56. The van der Waals surface area contributed by atoms with E-state index in [1.165, 1.54) is 6.92 Å². The maximum Gasteiger partial charge on any atom is 0.305 e. The van der Waals surface area contributed by atoms with Gasteiger partial charge in [0.15, 0.2) is 5.78 Å². The number of fused-ring (bicyclic) bond motifs is 1. The van der Waals surface area contributed by atoms with Gasteiger partial charge in [0.1, 0.15) is 0 Å². The van der Waals surface area contributed by atoms with Gasteiger partial charge in [-0.2, -0.15) is 0 Å². The van der Waals surface area contributed by atoms with Gasteiger partial charge in [0.25, 0.3) is 5.91 Å². The van der Waals surface area contributed by atoms with Gasteiger partial charge in [0.05, 0.1) is 18.5 Å². The zero-order valence-electron chi connectivity index (χ0n) is 21.3. The molecule has 1 amide bonds. The third-order valence-electron chi connectivity index (χ3n) is 6.24. The van der Waals surface area contributed by atoms with Gasteiger partial charge in [-0.3, -0.25) is 23.7 Å². The molecule has 0 saturated carbocycles. The number of aromatic nitrogens is 1. The summed E-state index contributed by atoms with van der Waals surface area (Å²) in [6.45, 7) is 6.07. The van der Waals surface area contributed by atoms with Gasteiger partial charge >= 0.3 is 5.97 Å². The molecule has 3 rings (SSSR count). The molecule has 36 heavy (non-hydrogen) atoms. The van der Waals surface area contributed by atoms with Crippen LogP contribution in [0.1, 0.15) is 77.9 Å². The van der Waals surface area contributed by atoms with Crippen LogP contribution in [0.5, 0.6) is 0 Å². The fourth-order valence-corrected chi connectivity index (χ4v) is 4.33. The molecule has 7 nitrogen and oxygen atoms in total. The molecule has 1 heterocycles. The van der Waals surface area contributed by atoms with Crippen molar-refractivity contribution in [2.45, 2.75) is 59.3 Å². The van der Waals surface area contributed by atoms with Crippen molar-refractivity contribution in [3.05, 3.63) is 70.9 Å². The molecule has 0 aliphatic carbocycles. The first kappa shape index (κ1) is 26.9. The number of ether oxygens (including phenoxy) is 1. The zero-order chi connectivity index (χ0) is 26.1. The summed E-state index contributed by atoms with van der Waals surface area (Å²) in [5, 5.41) is 3.69. The van der Waals surface area contributed by atoms with E-state index >= 15 is 0 Å². The maximum atomic E-state index is 13.3. The topological polar surface area (TPSA) is 94.5 Å². The van der Waals surface area contributed by atoms with E-state index in [0.29, 0.717) is 41.9 Å². The first-order valence-corrected chi connectivity index (χ1v) is 12.5. The van der Waals surface area contributed by atoms with Crippen LogP contribution in [0.2, 0.25) is 0 Å². The molecule has 1 aromatic heterocycles. The van der Waals surface area contributed by atoms with Crippen molar-refractivity contribution in [2.24, 2.45) is 0 Å². The SMILES string of the molecule is CCOC(=O)CCCCCCNC(=O)Cc1c(C)n(C(=O)c2ccccc2)c2ccc(C(C)=O)cc12. The van der Waals surface area contributed by atoms with E-state index in [2.05, 4.69) is 5.32 Å². The normalized spacial score (nSPS) is 10.9. The number of ketones is 1. The second-order valence-electron chi connectivity index (χ2n) is 8.85. The minimum Gasteiger partial charge on any atom is -0.466 e. The summed E-state index contributed by atoms with van der Waals surface area (Å²) in [5.41, 5.74) is 3.19. The van der Waals surface area contributed by atoms with Crippen molar-refractivity contribution in [2.75, 3.05) is 13.2 Å². The van der Waals surface area contributed by atoms with E-state index in [4.69, 9.17) is 4.74 Å². The lowest BCUT2D eigenvalue weighted by Gasteiger charge is -2.08. The van der Waals surface area contributed by atoms with Crippen LogP contribution in [0.3, 0.4) is 0 Å². The summed E-state index contributed by atoms with van der Waals surface area (Å²) in [7, 11) is 0. The highest BCUT2D eigenvalue weighted by Crippen LogP contribution is 2.29. The largest absolute Gasteiger partial charge is 0.466 e. The smallest absolute Gasteiger partial charge is 0.305 e. The number of rotatable bonds is 12. The zero-order valence-corrected chi connectivity index (χ0v) is 21.3. The third kappa shape index (κ3) is 6.68. The molecule has 3 aromatic rings. The lowest BCUT2D eigenvalue weighted by Crippen LogP contribution is -2.26. The summed E-state index contributed by atoms with van der Waals surface area (Å²) in [5.74, 6) is -0.554. The molecule has 1 N–H and O–H groups in total. The molecule has 2 aromatic carbocycles. The van der Waals surface area contributed by atoms with Crippen LogP contribution < -0.4 is 5.32 Å². The third-order valence-corrected chi connectivity index (χ3v) is 6.24. The number of hydrogen-bond donors (Lipinski definition) is 1. The van der Waals surface area contributed by atoms with Crippen LogP contribution >= 0.6 is 0 Å². The number of esters is 1. The van der Waals surface area contributed by atoms with Gasteiger partial charge in [0.2, 0.25) is 5.91 Å². The number of hydrogen-bond acceptors (Lipinski definition) is 5. The van der Waals surface area contributed by atoms with Crippen molar-refractivity contribution < 1.29 is 23.9 Å². The van der Waals surface area contributed by atoms with Crippen LogP contribution in [0.15, 0.2) is 48.5 Å². The highest BCUT2D eigenvalue weighted by Gasteiger charge is 2.22. The van der Waals surface area contributed by atoms with Crippen molar-refractivity contribution in [3.63, 3.8) is 0 Å². The minimum absolute atomic E-state index is 0.0740. The second kappa shape index (κ2) is 12.8. The first-order chi connectivity index (χ1) is 17.3. The van der Waals surface area contributed by atoms with Gasteiger partial charge in [-0.25, -0.2) is 0 Å². The lowest BCUT2D eigenvalue weighted by molar-refractivity contribution is -0.143. The lowest BCUT2D eigenvalue weighted by atomic mass is 10.0. The number of Topliss-reactive ketones (excluding diaryl/α,β-unsaturated/α-hetero) is 1. The molecule has 0 aliphatic heterocycles. The van der Waals surface area contributed by atoms with Crippen molar-refractivity contribution in [1.29, 1.82) is 0 Å². The number of carbonyl (C=O) groups is 4. The van der Waals surface area contributed by atoms with Crippen molar-refractivity contribution >= 4 is 34.5 Å². The molecule has 7 heteroatoms. The molecule has 0 fully saturated rings. The minimum atomic E-state index is -0.178. The Morgan fingerprint density at radius 2 is 1.64 bits per heavy atom. The maximum absolute atomic E-state index is 13.3. The summed E-state index contributed by atoms with van der Waals surface area (Å²) in [6.07, 6.45) is 3.94. The Morgan fingerprint density at radius 3 is 2.33 bits per heavy atom. The fourth-order valence-electron chi connectivity index (χ4n) is 4.33. The van der Waals surface area contributed by atoms with E-state index in [1.54, 1.807) is 41.8 Å². The Labute approximate surface area is 211 Å². The number of unbranched alkanes of at least 4 members (excludes halogenated alkanes) is 3. The summed E-state index contributed by atoms with van der Waals surface area (Å²) in [4.78, 5) is 49.5. The number of nitrogens with zero attached hydrogens (tertiary/aromatic N) is 1. The van der Waals surface area contributed by atoms with Gasteiger partial charge in [0, 0.05) is 35.2 Å². The molecule has 0 saturated heterocycles. The quantitative estimate of drug-likeness (QED) is 0.219. The molecule has 0 spiro atoms. The van der Waals surface area contributed by atoms with Gasteiger partial charge in [-0.05, 0) is 69.5 Å². The van der Waals surface area contributed by atoms with E-state index in [9.17, 15) is 19.2 Å². The van der Waals surface area contributed by atoms with Crippen LogP contribution in [0, 0.1) is 6.92 Å². The second-order valence-corrected chi connectivity index (χ2v) is 8.85. The van der Waals surface area contributed by atoms with E-state index in [-0.39, 0.29) is 30.0 Å². The van der Waals surface area contributed by atoms with Gasteiger partial charge < -0.3 is 10.1 Å². The van der Waals surface area contributed by atoms with Crippen molar-refractivity contribution in [3.8, 4) is 0 Å². The molecule has 0 aliphatic rings.